The van der Waals surface area contributed by atoms with Crippen molar-refractivity contribution in [1.29, 1.82) is 0 Å². The van der Waals surface area contributed by atoms with Gasteiger partial charge in [0.15, 0.2) is 5.11 Å². The predicted molar refractivity (Wildman–Crippen MR) is 141 cm³/mol. The molecule has 0 bridgehead atoms. The SMILES string of the molecule is CN(C)C(=O)[C@@H](NC(=S)N[C@@H]1CCCC[C@H]1N=Cc1cccc(C(C)(C)C)c1O)C(C)(C)C. The number of aliphatic imine (C=N–C) groups is 1. The number of hydrogen-bond acceptors (Lipinski definition) is 4. The average molecular weight is 475 g/mol. The van der Waals surface area contributed by atoms with Crippen molar-refractivity contribution >= 4 is 29.5 Å². The highest BCUT2D eigenvalue weighted by Gasteiger charge is 2.34. The van der Waals surface area contributed by atoms with Crippen LogP contribution in [-0.4, -0.2) is 59.5 Å². The highest BCUT2D eigenvalue weighted by atomic mass is 32.1. The normalized spacial score (nSPS) is 20.4. The summed E-state index contributed by atoms with van der Waals surface area (Å²) in [5.74, 6) is 0.292. The molecule has 3 atom stereocenters. The van der Waals surface area contributed by atoms with Crippen LogP contribution in [0.25, 0.3) is 0 Å². The minimum Gasteiger partial charge on any atom is -0.507 e. The number of rotatable bonds is 5. The first-order valence-corrected chi connectivity index (χ1v) is 12.3. The van der Waals surface area contributed by atoms with Crippen LogP contribution in [0.3, 0.4) is 0 Å². The van der Waals surface area contributed by atoms with Crippen molar-refractivity contribution in [2.45, 2.75) is 90.8 Å². The Kier molecular flexibility index (Phi) is 8.91. The van der Waals surface area contributed by atoms with Crippen molar-refractivity contribution in [3.63, 3.8) is 0 Å². The second-order valence-corrected chi connectivity index (χ2v) is 11.8. The number of benzene rings is 1. The Labute approximate surface area is 205 Å². The van der Waals surface area contributed by atoms with E-state index in [1.54, 1.807) is 25.2 Å². The van der Waals surface area contributed by atoms with Gasteiger partial charge in [0.2, 0.25) is 5.91 Å². The van der Waals surface area contributed by atoms with Gasteiger partial charge in [-0.05, 0) is 47.5 Å². The number of amides is 1. The molecule has 3 N–H and O–H groups in total. The lowest BCUT2D eigenvalue weighted by atomic mass is 9.85. The molecule has 6 nitrogen and oxygen atoms in total. The van der Waals surface area contributed by atoms with Gasteiger partial charge in [-0.3, -0.25) is 9.79 Å². The lowest BCUT2D eigenvalue weighted by Crippen LogP contribution is -2.57. The predicted octanol–water partition coefficient (Wildman–Crippen LogP) is 4.39. The van der Waals surface area contributed by atoms with E-state index in [2.05, 4.69) is 31.4 Å². The highest BCUT2D eigenvalue weighted by molar-refractivity contribution is 7.80. The Morgan fingerprint density at radius 2 is 1.82 bits per heavy atom. The summed E-state index contributed by atoms with van der Waals surface area (Å²) < 4.78 is 0. The monoisotopic (exact) mass is 474 g/mol. The maximum atomic E-state index is 12.7. The van der Waals surface area contributed by atoms with Gasteiger partial charge in [-0.2, -0.15) is 0 Å². The molecule has 33 heavy (non-hydrogen) atoms. The Bertz CT molecular complexity index is 868. The molecule has 184 valence electrons. The lowest BCUT2D eigenvalue weighted by molar-refractivity contribution is -0.133. The average Bonchev–Trinajstić information content (AvgIpc) is 2.70. The molecule has 1 amide bonds. The van der Waals surface area contributed by atoms with Gasteiger partial charge in [0.05, 0.1) is 12.1 Å². The zero-order valence-corrected chi connectivity index (χ0v) is 22.3. The van der Waals surface area contributed by atoms with Crippen LogP contribution >= 0.6 is 12.2 Å². The molecule has 2 rings (SSSR count). The molecule has 1 aromatic rings. The van der Waals surface area contributed by atoms with Gasteiger partial charge in [0, 0.05) is 25.9 Å². The number of hydrogen-bond donors (Lipinski definition) is 3. The highest BCUT2D eigenvalue weighted by Crippen LogP contribution is 2.32. The van der Waals surface area contributed by atoms with Gasteiger partial charge in [-0.1, -0.05) is 66.5 Å². The third kappa shape index (κ3) is 7.42. The summed E-state index contributed by atoms with van der Waals surface area (Å²) >= 11 is 5.61. The fourth-order valence-corrected chi connectivity index (χ4v) is 4.42. The molecule has 0 radical (unpaired) electrons. The van der Waals surface area contributed by atoms with Crippen LogP contribution in [0.4, 0.5) is 0 Å². The number of para-hydroxylation sites is 1. The standard InChI is InChI=1S/C26H42N4O2S/c1-25(2,3)18-13-11-12-17(21(18)31)16-27-19-14-9-10-15-20(19)28-24(33)29-22(26(4,5)6)23(32)30(7)8/h11-13,16,19-20,22,31H,9-10,14-15H2,1-8H3,(H2,28,29,33)/t19-,20-,22-/m1/s1. The van der Waals surface area contributed by atoms with Gasteiger partial charge in [-0.25, -0.2) is 0 Å². The molecular weight excluding hydrogens is 432 g/mol. The third-order valence-corrected chi connectivity index (χ3v) is 6.39. The van der Waals surface area contributed by atoms with Crippen molar-refractivity contribution < 1.29 is 9.90 Å². The molecule has 0 saturated heterocycles. The zero-order chi connectivity index (χ0) is 25.0. The van der Waals surface area contributed by atoms with Gasteiger partial charge >= 0.3 is 0 Å². The quantitative estimate of drug-likeness (QED) is 0.436. The summed E-state index contributed by atoms with van der Waals surface area (Å²) in [5.41, 5.74) is 1.21. The van der Waals surface area contributed by atoms with E-state index in [0.717, 1.165) is 36.8 Å². The van der Waals surface area contributed by atoms with E-state index in [4.69, 9.17) is 17.2 Å². The fraction of sp³-hybridized carbons (Fsp3) is 0.654. The van der Waals surface area contributed by atoms with E-state index in [0.29, 0.717) is 10.9 Å². The summed E-state index contributed by atoms with van der Waals surface area (Å²) in [4.78, 5) is 19.1. The maximum absolute atomic E-state index is 12.7. The minimum atomic E-state index is -0.421. The Morgan fingerprint density at radius 3 is 2.39 bits per heavy atom. The minimum absolute atomic E-state index is 0.000861. The van der Waals surface area contributed by atoms with Gasteiger partial charge in [0.25, 0.3) is 0 Å². The zero-order valence-electron chi connectivity index (χ0n) is 21.5. The van der Waals surface area contributed by atoms with Crippen LogP contribution < -0.4 is 10.6 Å². The van der Waals surface area contributed by atoms with Crippen molar-refractivity contribution in [2.24, 2.45) is 10.4 Å². The molecule has 1 fully saturated rings. The molecule has 0 unspecified atom stereocenters. The van der Waals surface area contributed by atoms with Crippen molar-refractivity contribution in [1.82, 2.24) is 15.5 Å². The molecular formula is C26H42N4O2S. The van der Waals surface area contributed by atoms with E-state index in [1.807, 2.05) is 39.0 Å². The Balaban J connectivity index is 2.14. The van der Waals surface area contributed by atoms with Crippen molar-refractivity contribution in [3.8, 4) is 5.75 Å². The summed E-state index contributed by atoms with van der Waals surface area (Å²) in [7, 11) is 3.52. The van der Waals surface area contributed by atoms with Crippen LogP contribution in [0.1, 0.15) is 78.4 Å². The fourth-order valence-electron chi connectivity index (χ4n) is 4.15. The summed E-state index contributed by atoms with van der Waals surface area (Å²) in [6.45, 7) is 12.3. The molecule has 1 saturated carbocycles. The molecule has 1 aliphatic carbocycles. The Morgan fingerprint density at radius 1 is 1.18 bits per heavy atom. The van der Waals surface area contributed by atoms with Crippen molar-refractivity contribution in [2.75, 3.05) is 14.1 Å². The molecule has 1 aromatic carbocycles. The Hall–Kier alpha value is -2.15. The van der Waals surface area contributed by atoms with E-state index >= 15 is 0 Å². The second-order valence-electron chi connectivity index (χ2n) is 11.4. The molecule has 0 aromatic heterocycles. The smallest absolute Gasteiger partial charge is 0.245 e. The number of nitrogens with one attached hydrogen (secondary N) is 2. The third-order valence-electron chi connectivity index (χ3n) is 6.16. The van der Waals surface area contributed by atoms with Crippen LogP contribution in [-0.2, 0) is 10.2 Å². The van der Waals surface area contributed by atoms with Gasteiger partial charge in [0.1, 0.15) is 11.8 Å². The first-order chi connectivity index (χ1) is 15.2. The van der Waals surface area contributed by atoms with E-state index < -0.39 is 6.04 Å². The number of phenolic OH excluding ortho intramolecular Hbond substituents is 1. The topological polar surface area (TPSA) is 77.0 Å². The molecule has 1 aliphatic rings. The van der Waals surface area contributed by atoms with Crippen LogP contribution in [0.2, 0.25) is 0 Å². The first-order valence-electron chi connectivity index (χ1n) is 11.9. The number of phenols is 1. The van der Waals surface area contributed by atoms with Crippen LogP contribution in [0.15, 0.2) is 23.2 Å². The molecule has 0 heterocycles. The van der Waals surface area contributed by atoms with E-state index in [-0.39, 0.29) is 28.8 Å². The number of nitrogens with zero attached hydrogens (tertiary/aromatic N) is 2. The number of carbonyl (C=O) groups is 1. The number of thiocarbonyl (C=S) groups is 1. The lowest BCUT2D eigenvalue weighted by Gasteiger charge is -2.35. The number of likely N-dealkylation sites (N-methyl/N-ethyl adjacent to an activating group) is 1. The van der Waals surface area contributed by atoms with Crippen molar-refractivity contribution in [3.05, 3.63) is 29.3 Å². The summed E-state index contributed by atoms with van der Waals surface area (Å²) in [5, 5.41) is 17.9. The van der Waals surface area contributed by atoms with Crippen LogP contribution in [0.5, 0.6) is 5.75 Å². The molecule has 7 heteroatoms. The first kappa shape index (κ1) is 27.1. The largest absolute Gasteiger partial charge is 0.507 e. The number of carbonyl (C=O) groups excluding carboxylic acids is 1. The van der Waals surface area contributed by atoms with E-state index in [9.17, 15) is 9.90 Å². The maximum Gasteiger partial charge on any atom is 0.245 e. The van der Waals surface area contributed by atoms with E-state index in [1.165, 1.54) is 0 Å². The van der Waals surface area contributed by atoms with Gasteiger partial charge in [-0.15, -0.1) is 0 Å². The second kappa shape index (κ2) is 10.9. The van der Waals surface area contributed by atoms with Gasteiger partial charge < -0.3 is 20.6 Å². The van der Waals surface area contributed by atoms with Crippen LogP contribution in [0, 0.1) is 5.41 Å². The summed E-state index contributed by atoms with van der Waals surface area (Å²) in [6, 6.07) is 5.53. The summed E-state index contributed by atoms with van der Waals surface area (Å²) in [6.07, 6.45) is 5.92. The molecule has 0 aliphatic heterocycles. The molecule has 0 spiro atoms. The number of aromatic hydroxyl groups is 1.